The monoisotopic (exact) mass is 266 g/mol. The van der Waals surface area contributed by atoms with Crippen LogP contribution in [0.25, 0.3) is 0 Å². The quantitative estimate of drug-likeness (QED) is 0.411. The number of nitrogen functional groups attached to an aromatic ring is 1. The number of hydrogen-bond acceptors (Lipinski definition) is 6. The summed E-state index contributed by atoms with van der Waals surface area (Å²) in [6.07, 6.45) is 0.955. The summed E-state index contributed by atoms with van der Waals surface area (Å²) in [4.78, 5) is 12.6. The highest BCUT2D eigenvalue weighted by Crippen LogP contribution is 2.25. The number of nitrogens with one attached hydrogen (secondary N) is 1. The minimum atomic E-state index is -0.412. The lowest BCUT2D eigenvalue weighted by molar-refractivity contribution is -0.384. The molecule has 1 atom stereocenters. The smallest absolute Gasteiger partial charge is 0.269 e. The number of non-ortho nitro benzene ring substituents is 1. The van der Waals surface area contributed by atoms with E-state index in [1.807, 2.05) is 0 Å². The Morgan fingerprint density at radius 3 is 2.95 bits per heavy atom. The minimum Gasteiger partial charge on any atom is -0.396 e. The minimum absolute atomic E-state index is 0.0619. The van der Waals surface area contributed by atoms with Crippen LogP contribution >= 0.6 is 0 Å². The van der Waals surface area contributed by atoms with Gasteiger partial charge in [-0.3, -0.25) is 20.9 Å². The maximum absolute atomic E-state index is 10.8. The van der Waals surface area contributed by atoms with Crippen LogP contribution in [0, 0.1) is 16.0 Å². The number of hydrazine groups is 1. The summed E-state index contributed by atoms with van der Waals surface area (Å²) in [6.45, 7) is 2.48. The molecule has 4 N–H and O–H groups in total. The van der Waals surface area contributed by atoms with Gasteiger partial charge in [0.25, 0.3) is 5.69 Å². The Morgan fingerprint density at radius 2 is 2.37 bits per heavy atom. The van der Waals surface area contributed by atoms with Crippen molar-refractivity contribution in [3.63, 3.8) is 0 Å². The summed E-state index contributed by atoms with van der Waals surface area (Å²) in [5.74, 6) is 5.73. The Morgan fingerprint density at radius 1 is 1.58 bits per heavy atom. The molecule has 1 aromatic carbocycles. The molecule has 0 amide bonds. The van der Waals surface area contributed by atoms with Gasteiger partial charge in [-0.1, -0.05) is 0 Å². The van der Waals surface area contributed by atoms with Crippen LogP contribution < -0.4 is 11.3 Å². The van der Waals surface area contributed by atoms with Crippen LogP contribution in [-0.4, -0.2) is 34.6 Å². The Hall–Kier alpha value is -1.70. The zero-order chi connectivity index (χ0) is 13.8. The first-order chi connectivity index (χ1) is 9.13. The zero-order valence-electron chi connectivity index (χ0n) is 10.6. The second kappa shape index (κ2) is 5.96. The van der Waals surface area contributed by atoms with Gasteiger partial charge in [-0.25, -0.2) is 0 Å². The highest BCUT2D eigenvalue weighted by Gasteiger charge is 2.23. The van der Waals surface area contributed by atoms with Gasteiger partial charge in [0.05, 0.1) is 10.6 Å². The zero-order valence-corrected chi connectivity index (χ0v) is 10.6. The van der Waals surface area contributed by atoms with E-state index < -0.39 is 4.92 Å². The van der Waals surface area contributed by atoms with Gasteiger partial charge in [-0.05, 0) is 30.5 Å². The lowest BCUT2D eigenvalue weighted by Gasteiger charge is -2.17. The lowest BCUT2D eigenvalue weighted by Crippen LogP contribution is -2.22. The van der Waals surface area contributed by atoms with Crippen LogP contribution in [0.5, 0.6) is 0 Å². The molecular formula is C12H18N4O3. The predicted molar refractivity (Wildman–Crippen MR) is 71.4 cm³/mol. The summed E-state index contributed by atoms with van der Waals surface area (Å²) >= 11 is 0. The molecule has 1 unspecified atom stereocenters. The highest BCUT2D eigenvalue weighted by atomic mass is 16.6. The van der Waals surface area contributed by atoms with E-state index in [1.165, 1.54) is 6.07 Å². The number of rotatable bonds is 5. The summed E-state index contributed by atoms with van der Waals surface area (Å²) < 4.78 is 0. The van der Waals surface area contributed by atoms with Gasteiger partial charge in [0.2, 0.25) is 0 Å². The number of nitrogens with two attached hydrogens (primary N) is 1. The third-order valence-corrected chi connectivity index (χ3v) is 3.48. The number of nitro groups is 1. The Bertz CT molecular complexity index is 466. The molecule has 1 aliphatic heterocycles. The van der Waals surface area contributed by atoms with Crippen molar-refractivity contribution in [1.82, 2.24) is 4.90 Å². The fourth-order valence-corrected chi connectivity index (χ4v) is 2.41. The second-order valence-corrected chi connectivity index (χ2v) is 4.82. The van der Waals surface area contributed by atoms with E-state index in [-0.39, 0.29) is 12.3 Å². The summed E-state index contributed by atoms with van der Waals surface area (Å²) in [5, 5.41) is 19.9. The molecule has 1 aliphatic rings. The number of benzene rings is 1. The molecule has 1 aromatic rings. The predicted octanol–water partition coefficient (Wildman–Crippen LogP) is 0.695. The largest absolute Gasteiger partial charge is 0.396 e. The number of likely N-dealkylation sites (tertiary alicyclic amines) is 1. The van der Waals surface area contributed by atoms with Crippen LogP contribution in [0.1, 0.15) is 12.0 Å². The van der Waals surface area contributed by atoms with Gasteiger partial charge in [0.1, 0.15) is 0 Å². The maximum Gasteiger partial charge on any atom is 0.269 e. The van der Waals surface area contributed by atoms with Gasteiger partial charge in [-0.2, -0.15) is 0 Å². The second-order valence-electron chi connectivity index (χ2n) is 4.82. The summed E-state index contributed by atoms with van der Waals surface area (Å²) in [7, 11) is 0. The van der Waals surface area contributed by atoms with Crippen LogP contribution in [0.3, 0.4) is 0 Å². The first-order valence-electron chi connectivity index (χ1n) is 6.21. The molecule has 0 spiro atoms. The van der Waals surface area contributed by atoms with Gasteiger partial charge in [0.15, 0.2) is 0 Å². The first-order valence-corrected chi connectivity index (χ1v) is 6.21. The van der Waals surface area contributed by atoms with Crippen molar-refractivity contribution in [3.05, 3.63) is 33.9 Å². The average molecular weight is 266 g/mol. The van der Waals surface area contributed by atoms with E-state index in [4.69, 9.17) is 10.9 Å². The fourth-order valence-electron chi connectivity index (χ4n) is 2.41. The van der Waals surface area contributed by atoms with Crippen molar-refractivity contribution in [3.8, 4) is 0 Å². The molecule has 0 bridgehead atoms. The van der Waals surface area contributed by atoms with Crippen molar-refractivity contribution >= 4 is 11.4 Å². The third kappa shape index (κ3) is 3.19. The molecule has 104 valence electrons. The molecule has 0 saturated carbocycles. The van der Waals surface area contributed by atoms with Crippen molar-refractivity contribution in [2.75, 3.05) is 25.1 Å². The van der Waals surface area contributed by atoms with E-state index in [0.717, 1.165) is 25.1 Å². The maximum atomic E-state index is 10.8. The van der Waals surface area contributed by atoms with E-state index in [9.17, 15) is 10.1 Å². The number of nitro benzene ring substituents is 1. The molecule has 7 heteroatoms. The summed E-state index contributed by atoms with van der Waals surface area (Å²) in [5.41, 5.74) is 4.12. The van der Waals surface area contributed by atoms with Crippen LogP contribution in [0.4, 0.5) is 11.4 Å². The Labute approximate surface area is 111 Å². The summed E-state index contributed by atoms with van der Waals surface area (Å²) in [6, 6.07) is 4.59. The van der Waals surface area contributed by atoms with E-state index in [1.54, 1.807) is 12.1 Å². The molecule has 7 nitrogen and oxygen atoms in total. The molecule has 2 rings (SSSR count). The van der Waals surface area contributed by atoms with Gasteiger partial charge in [-0.15, -0.1) is 0 Å². The SMILES string of the molecule is NNc1ccc([N+](=O)[O-])cc1CN1CCC(CO)C1. The molecule has 1 fully saturated rings. The van der Waals surface area contributed by atoms with Crippen LogP contribution in [-0.2, 0) is 6.54 Å². The van der Waals surface area contributed by atoms with Gasteiger partial charge in [0, 0.05) is 31.8 Å². The van der Waals surface area contributed by atoms with Crippen LogP contribution in [0.15, 0.2) is 18.2 Å². The van der Waals surface area contributed by atoms with Crippen molar-refractivity contribution in [2.24, 2.45) is 11.8 Å². The van der Waals surface area contributed by atoms with E-state index in [2.05, 4.69) is 10.3 Å². The van der Waals surface area contributed by atoms with E-state index >= 15 is 0 Å². The number of aliphatic hydroxyl groups is 1. The molecule has 1 saturated heterocycles. The standard InChI is InChI=1S/C12H18N4O3/c13-14-12-2-1-11(16(18)19)5-10(12)7-15-4-3-9(6-15)8-17/h1-2,5,9,14,17H,3-4,6-8,13H2. The molecule has 0 aliphatic carbocycles. The van der Waals surface area contributed by atoms with E-state index in [0.29, 0.717) is 18.2 Å². The topological polar surface area (TPSA) is 105 Å². The van der Waals surface area contributed by atoms with Crippen molar-refractivity contribution < 1.29 is 10.0 Å². The van der Waals surface area contributed by atoms with Crippen molar-refractivity contribution in [2.45, 2.75) is 13.0 Å². The highest BCUT2D eigenvalue weighted by molar-refractivity contribution is 5.55. The van der Waals surface area contributed by atoms with Gasteiger partial charge >= 0.3 is 0 Å². The normalized spacial score (nSPS) is 19.6. The van der Waals surface area contributed by atoms with Crippen LogP contribution in [0.2, 0.25) is 0 Å². The number of hydrogen-bond donors (Lipinski definition) is 3. The number of aliphatic hydroxyl groups excluding tert-OH is 1. The third-order valence-electron chi connectivity index (χ3n) is 3.48. The average Bonchev–Trinajstić information content (AvgIpc) is 2.86. The molecule has 1 heterocycles. The van der Waals surface area contributed by atoms with Gasteiger partial charge < -0.3 is 10.5 Å². The fraction of sp³-hybridized carbons (Fsp3) is 0.500. The molecular weight excluding hydrogens is 248 g/mol. The lowest BCUT2D eigenvalue weighted by atomic mass is 10.1. The Kier molecular flexibility index (Phi) is 4.31. The first kappa shape index (κ1) is 13.7. The van der Waals surface area contributed by atoms with Crippen molar-refractivity contribution in [1.29, 1.82) is 0 Å². The number of anilines is 1. The molecule has 19 heavy (non-hydrogen) atoms. The Balaban J connectivity index is 2.14. The molecule has 0 aromatic heterocycles. The molecule has 0 radical (unpaired) electrons. The number of nitrogens with zero attached hydrogens (tertiary/aromatic N) is 2.